The average molecular weight is 404 g/mol. The van der Waals surface area contributed by atoms with E-state index in [0.717, 1.165) is 4.52 Å². The van der Waals surface area contributed by atoms with Gasteiger partial charge in [0.2, 0.25) is 0 Å². The number of halogens is 3. The van der Waals surface area contributed by atoms with Crippen LogP contribution in [0.2, 0.25) is 0 Å². The molecule has 0 unspecified atom stereocenters. The fraction of sp³-hybridized carbons (Fsp3) is 0.176. The van der Waals surface area contributed by atoms with Gasteiger partial charge in [0.15, 0.2) is 5.52 Å². The first kappa shape index (κ1) is 18.5. The molecule has 0 aliphatic rings. The number of ether oxygens (including phenoxy) is 1. The summed E-state index contributed by atoms with van der Waals surface area (Å²) in [5.74, 6) is -2.25. The number of carbonyl (C=O) groups is 1. The maximum absolute atomic E-state index is 12.8. The van der Waals surface area contributed by atoms with Crippen molar-refractivity contribution in [2.75, 3.05) is 6.61 Å². The van der Waals surface area contributed by atoms with Crippen molar-refractivity contribution in [3.05, 3.63) is 58.3 Å². The molecule has 0 bridgehead atoms. The number of fused-ring (bicyclic) bond motifs is 3. The molecule has 0 radical (unpaired) electrons. The fourth-order valence-electron chi connectivity index (χ4n) is 2.70. The molecule has 0 fully saturated rings. The zero-order valence-corrected chi connectivity index (χ0v) is 14.7. The van der Waals surface area contributed by atoms with Crippen LogP contribution in [0.15, 0.2) is 41.3 Å². The van der Waals surface area contributed by atoms with Crippen molar-refractivity contribution in [1.82, 2.24) is 29.4 Å². The van der Waals surface area contributed by atoms with Gasteiger partial charge in [-0.25, -0.2) is 4.79 Å². The van der Waals surface area contributed by atoms with Gasteiger partial charge in [-0.1, -0.05) is 0 Å². The molecular formula is C17H11F3N6O3. The van der Waals surface area contributed by atoms with Gasteiger partial charge in [0, 0.05) is 11.9 Å². The van der Waals surface area contributed by atoms with Crippen molar-refractivity contribution >= 4 is 22.8 Å². The van der Waals surface area contributed by atoms with E-state index in [9.17, 15) is 22.8 Å². The van der Waals surface area contributed by atoms with Crippen LogP contribution in [-0.2, 0) is 10.9 Å². The molecule has 148 valence electrons. The Bertz CT molecular complexity index is 1290. The van der Waals surface area contributed by atoms with Gasteiger partial charge >= 0.3 is 12.1 Å². The minimum absolute atomic E-state index is 0.0300. The molecule has 4 rings (SSSR count). The van der Waals surface area contributed by atoms with Crippen molar-refractivity contribution < 1.29 is 22.7 Å². The lowest BCUT2D eigenvalue weighted by Gasteiger charge is -2.08. The highest BCUT2D eigenvalue weighted by atomic mass is 19.4. The number of rotatable bonds is 3. The average Bonchev–Trinajstić information content (AvgIpc) is 3.14. The van der Waals surface area contributed by atoms with Crippen molar-refractivity contribution in [2.45, 2.75) is 13.1 Å². The minimum atomic E-state index is -4.75. The monoisotopic (exact) mass is 404 g/mol. The number of alkyl halides is 3. The van der Waals surface area contributed by atoms with E-state index in [1.807, 2.05) is 0 Å². The highest BCUT2D eigenvalue weighted by molar-refractivity contribution is 5.89. The van der Waals surface area contributed by atoms with E-state index in [-0.39, 0.29) is 23.4 Å². The molecule has 4 aromatic rings. The number of nitrogens with zero attached hydrogens (tertiary/aromatic N) is 6. The third kappa shape index (κ3) is 3.17. The topological polar surface area (TPSA) is 104 Å². The van der Waals surface area contributed by atoms with Crippen LogP contribution in [0.3, 0.4) is 0 Å². The molecule has 0 N–H and O–H groups in total. The number of aromatic nitrogens is 6. The maximum atomic E-state index is 12.8. The van der Waals surface area contributed by atoms with Gasteiger partial charge in [0.1, 0.15) is 5.52 Å². The predicted octanol–water partition coefficient (Wildman–Crippen LogP) is 2.02. The summed E-state index contributed by atoms with van der Waals surface area (Å²) < 4.78 is 45.5. The molecule has 0 saturated carbocycles. The van der Waals surface area contributed by atoms with Crippen molar-refractivity contribution in [2.24, 2.45) is 0 Å². The fourth-order valence-corrected chi connectivity index (χ4v) is 2.70. The van der Waals surface area contributed by atoms with Crippen LogP contribution in [0.1, 0.15) is 23.1 Å². The summed E-state index contributed by atoms with van der Waals surface area (Å²) in [5, 5.41) is 10.7. The van der Waals surface area contributed by atoms with Crippen LogP contribution < -0.4 is 5.56 Å². The van der Waals surface area contributed by atoms with Gasteiger partial charge in [-0.15, -0.1) is 15.3 Å². The van der Waals surface area contributed by atoms with E-state index >= 15 is 0 Å². The van der Waals surface area contributed by atoms with Crippen LogP contribution >= 0.6 is 0 Å². The summed E-state index contributed by atoms with van der Waals surface area (Å²) in [6.45, 7) is 1.92. The zero-order chi connectivity index (χ0) is 20.8. The third-order valence-electron chi connectivity index (χ3n) is 4.01. The van der Waals surface area contributed by atoms with Crippen molar-refractivity contribution in [1.29, 1.82) is 0 Å². The van der Waals surface area contributed by atoms with E-state index in [2.05, 4.69) is 20.3 Å². The Balaban J connectivity index is 1.81. The maximum Gasteiger partial charge on any atom is 0.453 e. The minimum Gasteiger partial charge on any atom is -0.462 e. The Hall–Kier alpha value is -3.83. The van der Waals surface area contributed by atoms with E-state index in [1.165, 1.54) is 41.1 Å². The molecule has 0 saturated heterocycles. The lowest BCUT2D eigenvalue weighted by molar-refractivity contribution is -0.144. The van der Waals surface area contributed by atoms with E-state index < -0.39 is 23.5 Å². The van der Waals surface area contributed by atoms with Crippen LogP contribution in [0, 0.1) is 0 Å². The third-order valence-corrected chi connectivity index (χ3v) is 4.01. The molecule has 3 heterocycles. The van der Waals surface area contributed by atoms with Gasteiger partial charge < -0.3 is 4.74 Å². The lowest BCUT2D eigenvalue weighted by atomic mass is 10.2. The Morgan fingerprint density at radius 1 is 1.14 bits per heavy atom. The second kappa shape index (κ2) is 6.65. The van der Waals surface area contributed by atoms with E-state index in [1.54, 1.807) is 6.92 Å². The summed E-state index contributed by atoms with van der Waals surface area (Å²) in [7, 11) is 0. The first-order valence-electron chi connectivity index (χ1n) is 8.29. The van der Waals surface area contributed by atoms with Crippen LogP contribution in [0.25, 0.3) is 22.5 Å². The summed E-state index contributed by atoms with van der Waals surface area (Å²) in [6, 6.07) is 7.43. The van der Waals surface area contributed by atoms with Crippen LogP contribution in [-0.4, -0.2) is 41.9 Å². The summed E-state index contributed by atoms with van der Waals surface area (Å²) in [6.07, 6.45) is -3.39. The molecule has 12 heteroatoms. The number of hydrogen-bond acceptors (Lipinski definition) is 7. The molecular weight excluding hydrogens is 393 g/mol. The lowest BCUT2D eigenvalue weighted by Crippen LogP contribution is -2.20. The highest BCUT2D eigenvalue weighted by Gasteiger charge is 2.36. The SMILES string of the molecule is CCOC(=O)c1ccc(-n2ccc3c(nnc4nc(C(F)(F)F)nn43)c2=O)cc1. The molecule has 0 spiro atoms. The molecule has 1 aromatic carbocycles. The first-order valence-corrected chi connectivity index (χ1v) is 8.29. The second-order valence-corrected chi connectivity index (χ2v) is 5.84. The highest BCUT2D eigenvalue weighted by Crippen LogP contribution is 2.26. The first-order chi connectivity index (χ1) is 13.8. The quantitative estimate of drug-likeness (QED) is 0.481. The Morgan fingerprint density at radius 2 is 1.86 bits per heavy atom. The smallest absolute Gasteiger partial charge is 0.453 e. The van der Waals surface area contributed by atoms with Crippen molar-refractivity contribution in [3.63, 3.8) is 0 Å². The Labute approximate surface area is 159 Å². The Morgan fingerprint density at radius 3 is 2.52 bits per heavy atom. The number of pyridine rings is 1. The molecule has 0 atom stereocenters. The molecule has 0 aliphatic heterocycles. The number of hydrogen-bond donors (Lipinski definition) is 0. The summed E-state index contributed by atoms with van der Waals surface area (Å²) in [4.78, 5) is 27.8. The van der Waals surface area contributed by atoms with E-state index in [0.29, 0.717) is 11.3 Å². The van der Waals surface area contributed by atoms with Gasteiger partial charge in [-0.3, -0.25) is 9.36 Å². The van der Waals surface area contributed by atoms with Crippen LogP contribution in [0.4, 0.5) is 13.2 Å². The predicted molar refractivity (Wildman–Crippen MR) is 92.6 cm³/mol. The van der Waals surface area contributed by atoms with Gasteiger partial charge in [-0.2, -0.15) is 22.7 Å². The largest absolute Gasteiger partial charge is 0.462 e. The number of carbonyl (C=O) groups excluding carboxylic acids is 1. The summed E-state index contributed by atoms with van der Waals surface area (Å²) >= 11 is 0. The number of benzene rings is 1. The Kier molecular flexibility index (Phi) is 4.25. The summed E-state index contributed by atoms with van der Waals surface area (Å²) in [5.41, 5.74) is -0.0463. The molecule has 0 amide bonds. The molecule has 0 aliphatic carbocycles. The molecule has 3 aromatic heterocycles. The van der Waals surface area contributed by atoms with Gasteiger partial charge in [0.25, 0.3) is 17.2 Å². The second-order valence-electron chi connectivity index (χ2n) is 5.84. The van der Waals surface area contributed by atoms with E-state index in [4.69, 9.17) is 4.74 Å². The van der Waals surface area contributed by atoms with Gasteiger partial charge in [-0.05, 0) is 37.3 Å². The van der Waals surface area contributed by atoms with Crippen LogP contribution in [0.5, 0.6) is 0 Å². The molecule has 9 nitrogen and oxygen atoms in total. The van der Waals surface area contributed by atoms with Crippen molar-refractivity contribution in [3.8, 4) is 5.69 Å². The number of esters is 1. The standard InChI is InChI=1S/C17H11F3N6O3/c1-2-29-14(28)9-3-5-10(6-4-9)25-8-7-11-12(13(25)27)22-23-16-21-15(17(18,19)20)24-26(11)16/h3-8H,2H2,1H3. The van der Waals surface area contributed by atoms with Gasteiger partial charge in [0.05, 0.1) is 12.2 Å². The molecule has 29 heavy (non-hydrogen) atoms. The normalized spacial score (nSPS) is 11.9. The zero-order valence-electron chi connectivity index (χ0n) is 14.7.